The number of esters is 1. The molecule has 0 bridgehead atoms. The molecule has 0 unspecified atom stereocenters. The van der Waals surface area contributed by atoms with E-state index in [0.29, 0.717) is 11.2 Å². The lowest BCUT2D eigenvalue weighted by atomic mass is 10.1. The van der Waals surface area contributed by atoms with Crippen LogP contribution in [0.3, 0.4) is 0 Å². The molecular weight excluding hydrogens is 242 g/mol. The Hall–Kier alpha value is -1.62. The topological polar surface area (TPSA) is 45.7 Å². The minimum Gasteiger partial charge on any atom is -0.464 e. The monoisotopic (exact) mass is 261 g/mol. The number of pyridine rings is 1. The first-order valence-corrected chi connectivity index (χ1v) is 6.65. The molecule has 5 nitrogen and oxygen atoms in total. The van der Waals surface area contributed by atoms with Crippen LogP contribution in [0.15, 0.2) is 18.3 Å². The molecule has 1 spiro atoms. The molecule has 1 saturated carbocycles. The molecule has 3 rings (SSSR count). The molecule has 2 aliphatic rings. The first-order chi connectivity index (χ1) is 9.14. The number of nitrogens with zero attached hydrogens (tertiary/aromatic N) is 3. The predicted octanol–water partition coefficient (Wildman–Crippen LogP) is 1.15. The Morgan fingerprint density at radius 1 is 1.37 bits per heavy atom. The number of aromatic nitrogens is 1. The van der Waals surface area contributed by atoms with Gasteiger partial charge in [-0.2, -0.15) is 0 Å². The number of ether oxygens (including phenoxy) is 1. The van der Waals surface area contributed by atoms with Crippen LogP contribution in [-0.2, 0) is 4.74 Å². The van der Waals surface area contributed by atoms with Gasteiger partial charge in [-0.15, -0.1) is 0 Å². The van der Waals surface area contributed by atoms with Gasteiger partial charge in [0, 0.05) is 25.2 Å². The number of likely N-dealkylation sites (N-methyl/N-ethyl adjacent to an activating group) is 1. The zero-order valence-corrected chi connectivity index (χ0v) is 11.4. The quantitative estimate of drug-likeness (QED) is 0.747. The molecular formula is C14H19N3O2. The van der Waals surface area contributed by atoms with Gasteiger partial charge in [0.25, 0.3) is 0 Å². The number of methoxy groups -OCH3 is 1. The van der Waals surface area contributed by atoms with Crippen LogP contribution in [0, 0.1) is 0 Å². The lowest BCUT2D eigenvalue weighted by Crippen LogP contribution is -2.53. The normalized spacial score (nSPS) is 21.5. The van der Waals surface area contributed by atoms with Gasteiger partial charge in [-0.1, -0.05) is 0 Å². The Bertz CT molecular complexity index is 482. The molecule has 0 atom stereocenters. The second kappa shape index (κ2) is 4.49. The van der Waals surface area contributed by atoms with Crippen LogP contribution in [0.2, 0.25) is 0 Å². The molecule has 19 heavy (non-hydrogen) atoms. The molecule has 1 aromatic rings. The van der Waals surface area contributed by atoms with Crippen molar-refractivity contribution in [3.63, 3.8) is 0 Å². The summed E-state index contributed by atoms with van der Waals surface area (Å²) in [6, 6.07) is 3.69. The van der Waals surface area contributed by atoms with E-state index in [1.54, 1.807) is 12.3 Å². The van der Waals surface area contributed by atoms with E-state index in [1.165, 1.54) is 20.0 Å². The number of carbonyl (C=O) groups is 1. The second-order valence-corrected chi connectivity index (χ2v) is 5.46. The molecule has 0 radical (unpaired) electrons. The Labute approximate surface area is 113 Å². The predicted molar refractivity (Wildman–Crippen MR) is 72.4 cm³/mol. The summed E-state index contributed by atoms with van der Waals surface area (Å²) in [5.41, 5.74) is 1.84. The van der Waals surface area contributed by atoms with E-state index < -0.39 is 0 Å². The van der Waals surface area contributed by atoms with E-state index >= 15 is 0 Å². The van der Waals surface area contributed by atoms with Gasteiger partial charge in [-0.3, -0.25) is 4.90 Å². The third kappa shape index (κ3) is 2.18. The van der Waals surface area contributed by atoms with Crippen molar-refractivity contribution in [2.24, 2.45) is 0 Å². The highest BCUT2D eigenvalue weighted by molar-refractivity contribution is 5.87. The summed E-state index contributed by atoms with van der Waals surface area (Å²) < 4.78 is 4.66. The molecule has 0 aromatic carbocycles. The van der Waals surface area contributed by atoms with Gasteiger partial charge >= 0.3 is 5.97 Å². The third-order valence-corrected chi connectivity index (χ3v) is 4.33. The van der Waals surface area contributed by atoms with Gasteiger partial charge in [-0.05, 0) is 32.0 Å². The summed E-state index contributed by atoms with van der Waals surface area (Å²) >= 11 is 0. The molecule has 1 aromatic heterocycles. The van der Waals surface area contributed by atoms with Crippen molar-refractivity contribution in [2.45, 2.75) is 18.4 Å². The minimum absolute atomic E-state index is 0.363. The van der Waals surface area contributed by atoms with E-state index in [9.17, 15) is 4.79 Å². The third-order valence-electron chi connectivity index (χ3n) is 4.33. The lowest BCUT2D eigenvalue weighted by molar-refractivity contribution is 0.0594. The number of carbonyl (C=O) groups excluding carboxylic acids is 1. The second-order valence-electron chi connectivity index (χ2n) is 5.46. The first kappa shape index (κ1) is 12.4. The molecule has 1 aliphatic heterocycles. The van der Waals surface area contributed by atoms with Crippen LogP contribution in [-0.4, -0.2) is 55.2 Å². The SMILES string of the molecule is COC(=O)c1ccc(N2CCN(C)C3(CC3)C2)cn1. The molecule has 102 valence electrons. The summed E-state index contributed by atoms with van der Waals surface area (Å²) in [5, 5.41) is 0. The average molecular weight is 261 g/mol. The molecule has 2 heterocycles. The first-order valence-electron chi connectivity index (χ1n) is 6.65. The zero-order valence-electron chi connectivity index (χ0n) is 11.4. The summed E-state index contributed by atoms with van der Waals surface area (Å²) in [4.78, 5) is 20.4. The molecule has 0 N–H and O–H groups in total. The van der Waals surface area contributed by atoms with E-state index in [-0.39, 0.29) is 5.97 Å². The molecule has 1 saturated heterocycles. The highest BCUT2D eigenvalue weighted by Crippen LogP contribution is 2.43. The maximum Gasteiger partial charge on any atom is 0.356 e. The largest absolute Gasteiger partial charge is 0.464 e. The Kier molecular flexibility index (Phi) is 2.93. The van der Waals surface area contributed by atoms with Crippen molar-refractivity contribution < 1.29 is 9.53 Å². The van der Waals surface area contributed by atoms with Gasteiger partial charge < -0.3 is 9.64 Å². The Morgan fingerprint density at radius 2 is 2.16 bits per heavy atom. The van der Waals surface area contributed by atoms with Crippen LogP contribution in [0.5, 0.6) is 0 Å². The highest BCUT2D eigenvalue weighted by atomic mass is 16.5. The van der Waals surface area contributed by atoms with E-state index in [2.05, 4.69) is 26.6 Å². The standard InChI is InChI=1S/C14H19N3O2/c1-16-7-8-17(10-14(16)5-6-14)11-3-4-12(15-9-11)13(18)19-2/h3-4,9H,5-8,10H2,1-2H3. The summed E-state index contributed by atoms with van der Waals surface area (Å²) in [6.07, 6.45) is 4.34. The van der Waals surface area contributed by atoms with Crippen LogP contribution >= 0.6 is 0 Å². The van der Waals surface area contributed by atoms with E-state index in [4.69, 9.17) is 0 Å². The fourth-order valence-electron chi connectivity index (χ4n) is 2.77. The van der Waals surface area contributed by atoms with Gasteiger partial charge in [0.2, 0.25) is 0 Å². The van der Waals surface area contributed by atoms with E-state index in [0.717, 1.165) is 25.3 Å². The van der Waals surface area contributed by atoms with Gasteiger partial charge in [0.1, 0.15) is 5.69 Å². The van der Waals surface area contributed by atoms with Crippen LogP contribution < -0.4 is 4.90 Å². The fourth-order valence-corrected chi connectivity index (χ4v) is 2.77. The van der Waals surface area contributed by atoms with Crippen molar-refractivity contribution in [3.05, 3.63) is 24.0 Å². The Morgan fingerprint density at radius 3 is 2.74 bits per heavy atom. The summed E-state index contributed by atoms with van der Waals surface area (Å²) in [7, 11) is 3.58. The number of hydrogen-bond donors (Lipinski definition) is 0. The lowest BCUT2D eigenvalue weighted by Gasteiger charge is -2.41. The zero-order chi connectivity index (χ0) is 13.5. The fraction of sp³-hybridized carbons (Fsp3) is 0.571. The van der Waals surface area contributed by atoms with Crippen LogP contribution in [0.25, 0.3) is 0 Å². The Balaban J connectivity index is 1.74. The number of anilines is 1. The van der Waals surface area contributed by atoms with Gasteiger partial charge in [-0.25, -0.2) is 9.78 Å². The number of hydrogen-bond acceptors (Lipinski definition) is 5. The van der Waals surface area contributed by atoms with Gasteiger partial charge in [0.05, 0.1) is 19.0 Å². The summed E-state index contributed by atoms with van der Waals surface area (Å²) in [5.74, 6) is -0.386. The maximum atomic E-state index is 11.4. The molecule has 0 amide bonds. The van der Waals surface area contributed by atoms with Crippen molar-refractivity contribution in [1.82, 2.24) is 9.88 Å². The smallest absolute Gasteiger partial charge is 0.356 e. The van der Waals surface area contributed by atoms with Crippen molar-refractivity contribution in [2.75, 3.05) is 38.7 Å². The van der Waals surface area contributed by atoms with Crippen LogP contribution in [0.1, 0.15) is 23.3 Å². The van der Waals surface area contributed by atoms with Gasteiger partial charge in [0.15, 0.2) is 0 Å². The van der Waals surface area contributed by atoms with Crippen LogP contribution in [0.4, 0.5) is 5.69 Å². The molecule has 1 aliphatic carbocycles. The summed E-state index contributed by atoms with van der Waals surface area (Å²) in [6.45, 7) is 3.15. The number of piperazine rings is 1. The average Bonchev–Trinajstić information content (AvgIpc) is 3.22. The van der Waals surface area contributed by atoms with E-state index in [1.807, 2.05) is 6.07 Å². The van der Waals surface area contributed by atoms with Crippen molar-refractivity contribution in [1.29, 1.82) is 0 Å². The molecule has 2 fully saturated rings. The minimum atomic E-state index is -0.386. The molecule has 5 heteroatoms. The maximum absolute atomic E-state index is 11.4. The highest BCUT2D eigenvalue weighted by Gasteiger charge is 2.49. The number of rotatable bonds is 2. The van der Waals surface area contributed by atoms with Crippen molar-refractivity contribution >= 4 is 11.7 Å². The van der Waals surface area contributed by atoms with Crippen molar-refractivity contribution in [3.8, 4) is 0 Å².